The van der Waals surface area contributed by atoms with E-state index in [9.17, 15) is 5.26 Å². The highest BCUT2D eigenvalue weighted by atomic mass is 32.2. The minimum absolute atomic E-state index is 0. The maximum Gasteiger partial charge on any atom is 0.223 e. The molecule has 1 aromatic heterocycles. The number of aromatic nitrogens is 2. The van der Waals surface area contributed by atoms with E-state index in [0.29, 0.717) is 29.2 Å². The molecule has 29 heavy (non-hydrogen) atoms. The highest BCUT2D eigenvalue weighted by Gasteiger charge is 2.35. The van der Waals surface area contributed by atoms with Gasteiger partial charge in [0, 0.05) is 26.2 Å². The molecule has 1 saturated carbocycles. The van der Waals surface area contributed by atoms with Crippen LogP contribution in [0.25, 0.3) is 5.57 Å². The number of aryl methyl sites for hydroxylation is 1. The summed E-state index contributed by atoms with van der Waals surface area (Å²) in [7, 11) is 0. The number of nitrogens with one attached hydrogen (secondary N) is 2. The van der Waals surface area contributed by atoms with E-state index in [4.69, 9.17) is 0 Å². The van der Waals surface area contributed by atoms with Crippen LogP contribution < -0.4 is 10.6 Å². The summed E-state index contributed by atoms with van der Waals surface area (Å²) in [5.74, 6) is 1.99. The summed E-state index contributed by atoms with van der Waals surface area (Å²) >= 11 is 1.57. The molecular formula is C23H31N5S. The zero-order valence-corrected chi connectivity index (χ0v) is 18.0. The lowest BCUT2D eigenvalue weighted by Gasteiger charge is -2.15. The van der Waals surface area contributed by atoms with Crippen molar-refractivity contribution in [3.8, 4) is 6.07 Å². The molecule has 0 saturated heterocycles. The molecular weight excluding hydrogens is 378 g/mol. The van der Waals surface area contributed by atoms with Crippen LogP contribution in [0.3, 0.4) is 0 Å². The molecule has 3 atom stereocenters. The molecule has 0 amide bonds. The lowest BCUT2D eigenvalue weighted by atomic mass is 10.1. The molecule has 4 rings (SSSR count). The van der Waals surface area contributed by atoms with Gasteiger partial charge in [0.1, 0.15) is 11.6 Å². The first-order chi connectivity index (χ1) is 14.1. The van der Waals surface area contributed by atoms with Crippen LogP contribution in [0.1, 0.15) is 53.6 Å². The van der Waals surface area contributed by atoms with Crippen molar-refractivity contribution in [3.05, 3.63) is 57.4 Å². The van der Waals surface area contributed by atoms with Gasteiger partial charge in [-0.15, -0.1) is 0 Å². The molecule has 2 N–H and O–H groups in total. The molecule has 1 aromatic rings. The molecule has 0 radical (unpaired) electrons. The third-order valence-electron chi connectivity index (χ3n) is 5.56. The van der Waals surface area contributed by atoms with Gasteiger partial charge in [0.15, 0.2) is 0 Å². The third-order valence-corrected chi connectivity index (χ3v) is 6.46. The average Bonchev–Trinajstić information content (AvgIpc) is 3.31. The van der Waals surface area contributed by atoms with Crippen molar-refractivity contribution in [2.75, 3.05) is 5.32 Å². The normalized spacial score (nSPS) is 25.0. The molecule has 0 aromatic carbocycles. The Labute approximate surface area is 180 Å². The Balaban J connectivity index is 0.00000171. The Morgan fingerprint density at radius 2 is 2.34 bits per heavy atom. The van der Waals surface area contributed by atoms with E-state index in [2.05, 4.69) is 64.2 Å². The summed E-state index contributed by atoms with van der Waals surface area (Å²) in [6.45, 7) is 6.24. The quantitative estimate of drug-likeness (QED) is 0.459. The van der Waals surface area contributed by atoms with Gasteiger partial charge in [-0.25, -0.2) is 9.97 Å². The van der Waals surface area contributed by atoms with Gasteiger partial charge in [-0.1, -0.05) is 43.3 Å². The fourth-order valence-corrected chi connectivity index (χ4v) is 4.70. The van der Waals surface area contributed by atoms with Gasteiger partial charge in [0.2, 0.25) is 5.95 Å². The molecule has 3 unspecified atom stereocenters. The highest BCUT2D eigenvalue weighted by Crippen LogP contribution is 2.45. The number of rotatable bonds is 6. The zero-order valence-electron chi connectivity index (χ0n) is 17.2. The van der Waals surface area contributed by atoms with Crippen LogP contribution in [-0.2, 0) is 0 Å². The van der Waals surface area contributed by atoms with Crippen molar-refractivity contribution < 1.29 is 2.85 Å². The first-order valence-electron chi connectivity index (χ1n) is 10.4. The van der Waals surface area contributed by atoms with Crippen molar-refractivity contribution >= 4 is 23.3 Å². The minimum atomic E-state index is 0. The number of thioether (sulfide) groups is 1. The Kier molecular flexibility index (Phi) is 5.77. The topological polar surface area (TPSA) is 73.6 Å². The summed E-state index contributed by atoms with van der Waals surface area (Å²) in [5.41, 5.74) is 4.59. The van der Waals surface area contributed by atoms with E-state index < -0.39 is 0 Å². The molecule has 3 aliphatic rings. The SMILES string of the molecule is CCCC(C)Nc1ncc(C)c(/C(C#N)=C2/NC(C3=CC4CC4C=CC3)=CS2)n1.[HH].[HH]. The Morgan fingerprint density at radius 1 is 1.48 bits per heavy atom. The zero-order chi connectivity index (χ0) is 20.4. The fraction of sp³-hybridized carbons (Fsp3) is 0.435. The molecule has 6 heteroatoms. The van der Waals surface area contributed by atoms with Crippen LogP contribution in [0.4, 0.5) is 5.95 Å². The molecule has 1 fully saturated rings. The van der Waals surface area contributed by atoms with Crippen LogP contribution in [-0.4, -0.2) is 16.0 Å². The van der Waals surface area contributed by atoms with Gasteiger partial charge in [-0.2, -0.15) is 5.26 Å². The van der Waals surface area contributed by atoms with Crippen molar-refractivity contribution in [1.29, 1.82) is 5.26 Å². The summed E-state index contributed by atoms with van der Waals surface area (Å²) in [6.07, 6.45) is 13.2. The largest absolute Gasteiger partial charge is 0.352 e. The van der Waals surface area contributed by atoms with Crippen LogP contribution in [0.15, 0.2) is 46.1 Å². The summed E-state index contributed by atoms with van der Waals surface area (Å²) in [4.78, 5) is 9.08. The second-order valence-electron chi connectivity index (χ2n) is 8.04. The lowest BCUT2D eigenvalue weighted by molar-refractivity contribution is 0.683. The van der Waals surface area contributed by atoms with Crippen LogP contribution in [0.2, 0.25) is 0 Å². The summed E-state index contributed by atoms with van der Waals surface area (Å²) < 4.78 is 0. The summed E-state index contributed by atoms with van der Waals surface area (Å²) in [6, 6.07) is 2.67. The Hall–Kier alpha value is -2.52. The highest BCUT2D eigenvalue weighted by molar-refractivity contribution is 8.06. The predicted molar refractivity (Wildman–Crippen MR) is 124 cm³/mol. The van der Waals surface area contributed by atoms with Crippen LogP contribution in [0, 0.1) is 30.1 Å². The monoisotopic (exact) mass is 409 g/mol. The van der Waals surface area contributed by atoms with Crippen molar-refractivity contribution in [2.45, 2.75) is 52.5 Å². The van der Waals surface area contributed by atoms with E-state index >= 15 is 0 Å². The van der Waals surface area contributed by atoms with Crippen molar-refractivity contribution in [1.82, 2.24) is 15.3 Å². The fourth-order valence-electron chi connectivity index (χ4n) is 3.82. The molecule has 154 valence electrons. The molecule has 5 nitrogen and oxygen atoms in total. The van der Waals surface area contributed by atoms with Crippen molar-refractivity contribution in [3.63, 3.8) is 0 Å². The van der Waals surface area contributed by atoms with Gasteiger partial charge < -0.3 is 10.6 Å². The van der Waals surface area contributed by atoms with Gasteiger partial charge in [0.25, 0.3) is 0 Å². The van der Waals surface area contributed by atoms with Gasteiger partial charge in [0.05, 0.1) is 10.7 Å². The standard InChI is InChI=1S/C23H27N5S.2H2/c1-4-6-15(3)26-23-25-12-14(2)21(28-23)19(11-24)22-27-20(13-29-22)17-8-5-7-16-9-18(16)10-17;;/h5,7,10,12-13,15-16,18,27H,4,6,8-9H2,1-3H3,(H,25,26,28);2*1H/b22-19-;;. The molecule has 0 spiro atoms. The maximum absolute atomic E-state index is 9.92. The maximum atomic E-state index is 9.92. The number of hydrogen-bond donors (Lipinski definition) is 2. The molecule has 0 bridgehead atoms. The van der Waals surface area contributed by atoms with E-state index in [-0.39, 0.29) is 2.85 Å². The number of fused-ring (bicyclic) bond motifs is 1. The predicted octanol–water partition coefficient (Wildman–Crippen LogP) is 5.77. The van der Waals surface area contributed by atoms with Gasteiger partial charge >= 0.3 is 0 Å². The van der Waals surface area contributed by atoms with Crippen molar-refractivity contribution in [2.24, 2.45) is 11.8 Å². The molecule has 1 aliphatic heterocycles. The Bertz CT molecular complexity index is 977. The molecule has 2 aliphatic carbocycles. The number of nitrogens with zero attached hydrogens (tertiary/aromatic N) is 3. The van der Waals surface area contributed by atoms with Crippen LogP contribution >= 0.6 is 11.8 Å². The van der Waals surface area contributed by atoms with Crippen LogP contribution in [0.5, 0.6) is 0 Å². The first-order valence-corrected chi connectivity index (χ1v) is 11.2. The average molecular weight is 410 g/mol. The van der Waals surface area contributed by atoms with E-state index in [0.717, 1.165) is 41.5 Å². The van der Waals surface area contributed by atoms with Gasteiger partial charge in [-0.05, 0) is 56.1 Å². The van der Waals surface area contributed by atoms with Gasteiger partial charge in [-0.3, -0.25) is 0 Å². The lowest BCUT2D eigenvalue weighted by Crippen LogP contribution is -2.17. The molecule has 2 heterocycles. The summed E-state index contributed by atoms with van der Waals surface area (Å²) in [5, 5.41) is 19.7. The number of nitriles is 1. The second-order valence-corrected chi connectivity index (χ2v) is 8.92. The van der Waals surface area contributed by atoms with E-state index in [1.54, 1.807) is 18.0 Å². The third kappa shape index (κ3) is 4.40. The smallest absolute Gasteiger partial charge is 0.223 e. The van der Waals surface area contributed by atoms with E-state index in [1.165, 1.54) is 12.0 Å². The first kappa shape index (κ1) is 19.8. The minimum Gasteiger partial charge on any atom is -0.352 e. The van der Waals surface area contributed by atoms with E-state index in [1.807, 2.05) is 6.92 Å². The Morgan fingerprint density at radius 3 is 3.14 bits per heavy atom. The number of hydrogen-bond acceptors (Lipinski definition) is 6. The number of allylic oxidation sites excluding steroid dienone is 5. The second kappa shape index (κ2) is 8.46. The number of anilines is 1.